The van der Waals surface area contributed by atoms with Crippen molar-refractivity contribution in [3.63, 3.8) is 0 Å². The summed E-state index contributed by atoms with van der Waals surface area (Å²) >= 11 is 0. The number of hydrogen-bond donors (Lipinski definition) is 2. The van der Waals surface area contributed by atoms with E-state index in [-0.39, 0.29) is 7.33 Å². The van der Waals surface area contributed by atoms with Crippen LogP contribution in [0.3, 0.4) is 0 Å². The number of rotatable bonds is 2. The van der Waals surface area contributed by atoms with Gasteiger partial charge in [-0.25, -0.2) is 0 Å². The van der Waals surface area contributed by atoms with E-state index in [1.165, 1.54) is 0 Å². The maximum Gasteiger partial charge on any atom is 0.217 e. The lowest BCUT2D eigenvalue weighted by molar-refractivity contribution is -0.119. The Kier molecular flexibility index (Phi) is 12.2. The zero-order valence-electron chi connectivity index (χ0n) is 8.68. The molecule has 0 radical (unpaired) electrons. The van der Waals surface area contributed by atoms with Gasteiger partial charge in [-0.3, -0.25) is 4.79 Å². The maximum atomic E-state index is 10.2. The van der Waals surface area contributed by atoms with Gasteiger partial charge in [0, 0.05) is 7.85 Å². The van der Waals surface area contributed by atoms with Gasteiger partial charge in [0.15, 0.2) is 0 Å². The first-order chi connectivity index (χ1) is 5.79. The fraction of sp³-hybridized carbons (Fsp3) is 0.889. The fourth-order valence-electron chi connectivity index (χ4n) is 0.777. The first kappa shape index (κ1) is 14.0. The quantitative estimate of drug-likeness (QED) is 0.668. The Morgan fingerprint density at radius 1 is 1.42 bits per heavy atom. The van der Waals surface area contributed by atoms with Gasteiger partial charge in [-0.1, -0.05) is 27.7 Å². The normalized spacial score (nSPS) is 14.3. The maximum absolute atomic E-state index is 10.2. The van der Waals surface area contributed by atoms with Gasteiger partial charge >= 0.3 is 0 Å². The van der Waals surface area contributed by atoms with Gasteiger partial charge in [0.25, 0.3) is 0 Å². The molecule has 0 aliphatic carbocycles. The van der Waals surface area contributed by atoms with Gasteiger partial charge in [-0.2, -0.15) is 0 Å². The molecule has 0 aromatic rings. The molecule has 3 heteroatoms. The molecule has 1 rings (SSSR count). The number of amides is 1. The molecule has 76 valence electrons. The molecular formula is C9H24N2O. The summed E-state index contributed by atoms with van der Waals surface area (Å²) in [7, 11) is 0. The van der Waals surface area contributed by atoms with Crippen molar-refractivity contribution in [2.75, 3.05) is 13.1 Å². The van der Waals surface area contributed by atoms with E-state index in [2.05, 4.69) is 5.32 Å². The van der Waals surface area contributed by atoms with Crippen LogP contribution in [0.1, 0.15) is 35.5 Å². The molecule has 1 aliphatic heterocycles. The number of carbonyl (C=O) groups is 1. The second kappa shape index (κ2) is 10.4. The van der Waals surface area contributed by atoms with Crippen molar-refractivity contribution in [1.29, 1.82) is 0 Å². The summed E-state index contributed by atoms with van der Waals surface area (Å²) < 4.78 is 0. The molecular weight excluding hydrogens is 152 g/mol. The van der Waals surface area contributed by atoms with E-state index in [1.807, 2.05) is 27.7 Å². The Bertz CT molecular complexity index is 106. The average molecular weight is 176 g/mol. The molecule has 0 unspecified atom stereocenters. The highest BCUT2D eigenvalue weighted by molar-refractivity contribution is 5.74. The predicted octanol–water partition coefficient (Wildman–Crippen LogP) is 1.38. The monoisotopic (exact) mass is 176 g/mol. The van der Waals surface area contributed by atoms with Crippen molar-refractivity contribution in [3.05, 3.63) is 0 Å². The third-order valence-electron chi connectivity index (χ3n) is 1.36. The van der Waals surface area contributed by atoms with Gasteiger partial charge < -0.3 is 11.1 Å². The molecule has 3 nitrogen and oxygen atoms in total. The largest absolute Gasteiger partial charge is 0.370 e. The lowest BCUT2D eigenvalue weighted by atomic mass is 9.99. The molecule has 0 aromatic carbocycles. The van der Waals surface area contributed by atoms with E-state index in [0.29, 0.717) is 12.3 Å². The van der Waals surface area contributed by atoms with E-state index in [1.54, 1.807) is 0 Å². The summed E-state index contributed by atoms with van der Waals surface area (Å²) in [5.74, 6) is 0.337. The standard InChI is InChI=1S/C5H10N2O.2C2H6.H2/c6-5(8)1-4-2-7-3-4;2*1-2;/h4,7H,1-3H2,(H2,6,8);2*1-2H3;1H. The van der Waals surface area contributed by atoms with Gasteiger partial charge in [0.2, 0.25) is 5.91 Å². The minimum absolute atomic E-state index is 0. The van der Waals surface area contributed by atoms with Crippen LogP contribution < -0.4 is 11.1 Å². The van der Waals surface area contributed by atoms with Crippen molar-refractivity contribution in [3.8, 4) is 0 Å². The second-order valence-corrected chi connectivity index (χ2v) is 2.19. The average Bonchev–Trinajstić information content (AvgIpc) is 2.05. The minimum atomic E-state index is -0.184. The van der Waals surface area contributed by atoms with E-state index in [0.717, 1.165) is 13.1 Å². The lowest BCUT2D eigenvalue weighted by Gasteiger charge is -2.25. The van der Waals surface area contributed by atoms with Gasteiger partial charge in [0.1, 0.15) is 0 Å². The van der Waals surface area contributed by atoms with Crippen LogP contribution in [0, 0.1) is 5.92 Å². The molecule has 0 spiro atoms. The van der Waals surface area contributed by atoms with E-state index in [9.17, 15) is 4.79 Å². The van der Waals surface area contributed by atoms with Crippen molar-refractivity contribution < 1.29 is 6.22 Å². The Balaban J connectivity index is -0.000000178. The SMILES string of the molecule is CC.CC.NC(=O)CC1CNC1.[HH]. The topological polar surface area (TPSA) is 55.1 Å². The van der Waals surface area contributed by atoms with Crippen LogP contribution >= 0.6 is 0 Å². The fourth-order valence-corrected chi connectivity index (χ4v) is 0.777. The van der Waals surface area contributed by atoms with Crippen LogP contribution in [0.25, 0.3) is 0 Å². The Morgan fingerprint density at radius 3 is 1.92 bits per heavy atom. The summed E-state index contributed by atoms with van der Waals surface area (Å²) in [5, 5.41) is 3.06. The summed E-state index contributed by atoms with van der Waals surface area (Å²) in [6, 6.07) is 0. The highest BCUT2D eigenvalue weighted by Gasteiger charge is 2.17. The Morgan fingerprint density at radius 2 is 1.83 bits per heavy atom. The summed E-state index contributed by atoms with van der Waals surface area (Å²) in [4.78, 5) is 10.2. The van der Waals surface area contributed by atoms with Gasteiger partial charge in [-0.15, -0.1) is 0 Å². The van der Waals surface area contributed by atoms with Crippen LogP contribution in [0.4, 0.5) is 0 Å². The van der Waals surface area contributed by atoms with Gasteiger partial charge in [-0.05, 0) is 19.0 Å². The zero-order chi connectivity index (χ0) is 9.98. The molecule has 0 bridgehead atoms. The van der Waals surface area contributed by atoms with Crippen molar-refractivity contribution in [2.45, 2.75) is 34.1 Å². The van der Waals surface area contributed by atoms with Crippen LogP contribution in [0.15, 0.2) is 0 Å². The van der Waals surface area contributed by atoms with Gasteiger partial charge in [0.05, 0.1) is 0 Å². The second-order valence-electron chi connectivity index (χ2n) is 2.19. The van der Waals surface area contributed by atoms with Crippen molar-refractivity contribution in [1.82, 2.24) is 5.32 Å². The summed E-state index contributed by atoms with van der Waals surface area (Å²) in [6.07, 6.45) is 0.549. The third-order valence-corrected chi connectivity index (χ3v) is 1.36. The van der Waals surface area contributed by atoms with Crippen LogP contribution in [0.2, 0.25) is 0 Å². The predicted molar refractivity (Wildman–Crippen MR) is 55.0 cm³/mol. The number of primary amides is 1. The lowest BCUT2D eigenvalue weighted by Crippen LogP contribution is -2.43. The molecule has 1 fully saturated rings. The van der Waals surface area contributed by atoms with Crippen LogP contribution in [0.5, 0.6) is 0 Å². The smallest absolute Gasteiger partial charge is 0.217 e. The van der Waals surface area contributed by atoms with Crippen LogP contribution in [-0.4, -0.2) is 19.0 Å². The molecule has 3 N–H and O–H groups in total. The Labute approximate surface area is 77.2 Å². The number of nitrogens with one attached hydrogen (secondary N) is 1. The molecule has 1 heterocycles. The Hall–Kier alpha value is -0.570. The molecule has 1 amide bonds. The summed E-state index contributed by atoms with van der Waals surface area (Å²) in [5.41, 5.74) is 4.94. The zero-order valence-corrected chi connectivity index (χ0v) is 8.68. The first-order valence-corrected chi connectivity index (χ1v) is 4.78. The van der Waals surface area contributed by atoms with E-state index < -0.39 is 0 Å². The highest BCUT2D eigenvalue weighted by Crippen LogP contribution is 2.05. The highest BCUT2D eigenvalue weighted by atomic mass is 16.1. The van der Waals surface area contributed by atoms with Crippen molar-refractivity contribution in [2.24, 2.45) is 11.7 Å². The minimum Gasteiger partial charge on any atom is -0.370 e. The van der Waals surface area contributed by atoms with Crippen LogP contribution in [-0.2, 0) is 4.79 Å². The van der Waals surface area contributed by atoms with E-state index in [4.69, 9.17) is 5.73 Å². The molecule has 0 atom stereocenters. The number of nitrogens with two attached hydrogens (primary N) is 1. The number of carbonyl (C=O) groups excluding carboxylic acids is 1. The molecule has 0 aromatic heterocycles. The number of hydrogen-bond acceptors (Lipinski definition) is 2. The third kappa shape index (κ3) is 7.54. The molecule has 1 saturated heterocycles. The molecule has 0 saturated carbocycles. The van der Waals surface area contributed by atoms with E-state index >= 15 is 0 Å². The molecule has 12 heavy (non-hydrogen) atoms. The molecule has 1 aliphatic rings. The summed E-state index contributed by atoms with van der Waals surface area (Å²) in [6.45, 7) is 9.92. The first-order valence-electron chi connectivity index (χ1n) is 4.78. The van der Waals surface area contributed by atoms with Crippen molar-refractivity contribution >= 4 is 5.91 Å².